The van der Waals surface area contributed by atoms with E-state index >= 15 is 0 Å². The standard InChI is InChI=1S/C14H22N2O/c1-14(2,3)10-15-12-8-6-11(7-9-12)13(17)16(4)5/h6-9,15H,10H2,1-5H3. The van der Waals surface area contributed by atoms with E-state index in [0.29, 0.717) is 0 Å². The molecule has 0 heterocycles. The zero-order valence-corrected chi connectivity index (χ0v) is 11.4. The Balaban J connectivity index is 2.66. The van der Waals surface area contributed by atoms with Crippen molar-refractivity contribution in [1.82, 2.24) is 4.90 Å². The number of rotatable bonds is 3. The highest BCUT2D eigenvalue weighted by molar-refractivity contribution is 5.94. The average molecular weight is 234 g/mol. The molecule has 0 fully saturated rings. The molecule has 0 bridgehead atoms. The van der Waals surface area contributed by atoms with Crippen LogP contribution in [0, 0.1) is 5.41 Å². The topological polar surface area (TPSA) is 32.3 Å². The number of hydrogen-bond acceptors (Lipinski definition) is 2. The second kappa shape index (κ2) is 5.21. The predicted octanol–water partition coefficient (Wildman–Crippen LogP) is 2.85. The largest absolute Gasteiger partial charge is 0.385 e. The third kappa shape index (κ3) is 4.47. The molecule has 3 heteroatoms. The van der Waals surface area contributed by atoms with Gasteiger partial charge in [0.15, 0.2) is 0 Å². The lowest BCUT2D eigenvalue weighted by Gasteiger charge is -2.19. The van der Waals surface area contributed by atoms with Crippen LogP contribution in [0.5, 0.6) is 0 Å². The molecule has 0 aliphatic heterocycles. The molecule has 0 aromatic heterocycles. The minimum atomic E-state index is 0.0346. The number of nitrogens with one attached hydrogen (secondary N) is 1. The molecule has 0 saturated heterocycles. The van der Waals surface area contributed by atoms with Crippen LogP contribution in [0.4, 0.5) is 5.69 Å². The van der Waals surface area contributed by atoms with E-state index in [-0.39, 0.29) is 11.3 Å². The van der Waals surface area contributed by atoms with Gasteiger partial charge in [0.25, 0.3) is 5.91 Å². The van der Waals surface area contributed by atoms with Crippen molar-refractivity contribution < 1.29 is 4.79 Å². The zero-order valence-electron chi connectivity index (χ0n) is 11.4. The Labute approximate surface area is 104 Å². The summed E-state index contributed by atoms with van der Waals surface area (Å²) in [4.78, 5) is 13.3. The summed E-state index contributed by atoms with van der Waals surface area (Å²) in [5, 5.41) is 3.36. The average Bonchev–Trinajstić information content (AvgIpc) is 2.25. The summed E-state index contributed by atoms with van der Waals surface area (Å²) in [6.45, 7) is 7.46. The first-order valence-electron chi connectivity index (χ1n) is 5.85. The molecule has 0 saturated carbocycles. The van der Waals surface area contributed by atoms with E-state index in [2.05, 4.69) is 26.1 Å². The molecule has 0 spiro atoms. The summed E-state index contributed by atoms with van der Waals surface area (Å²) in [7, 11) is 3.52. The first kappa shape index (κ1) is 13.6. The van der Waals surface area contributed by atoms with Crippen LogP contribution in [0.25, 0.3) is 0 Å². The van der Waals surface area contributed by atoms with E-state index in [4.69, 9.17) is 0 Å². The van der Waals surface area contributed by atoms with Gasteiger partial charge in [-0.1, -0.05) is 20.8 Å². The van der Waals surface area contributed by atoms with Crippen molar-refractivity contribution in [3.8, 4) is 0 Å². The van der Waals surface area contributed by atoms with Crippen LogP contribution in [0.15, 0.2) is 24.3 Å². The van der Waals surface area contributed by atoms with Crippen molar-refractivity contribution in [2.75, 3.05) is 26.0 Å². The lowest BCUT2D eigenvalue weighted by atomic mass is 9.97. The van der Waals surface area contributed by atoms with Crippen LogP contribution in [0.3, 0.4) is 0 Å². The molecule has 0 radical (unpaired) electrons. The van der Waals surface area contributed by atoms with Crippen LogP contribution < -0.4 is 5.32 Å². The lowest BCUT2D eigenvalue weighted by molar-refractivity contribution is 0.0827. The molecule has 94 valence electrons. The van der Waals surface area contributed by atoms with Crippen LogP contribution in [0.1, 0.15) is 31.1 Å². The Morgan fingerprint density at radius 1 is 1.18 bits per heavy atom. The smallest absolute Gasteiger partial charge is 0.253 e. The number of nitrogens with zero attached hydrogens (tertiary/aromatic N) is 1. The fourth-order valence-corrected chi connectivity index (χ4v) is 1.36. The van der Waals surface area contributed by atoms with Gasteiger partial charge in [0.1, 0.15) is 0 Å². The number of carbonyl (C=O) groups is 1. The first-order chi connectivity index (χ1) is 7.79. The van der Waals surface area contributed by atoms with Crippen molar-refractivity contribution >= 4 is 11.6 Å². The van der Waals surface area contributed by atoms with Gasteiger partial charge in [-0.3, -0.25) is 4.79 Å². The minimum Gasteiger partial charge on any atom is -0.385 e. The van der Waals surface area contributed by atoms with Gasteiger partial charge in [0.2, 0.25) is 0 Å². The Kier molecular flexibility index (Phi) is 4.16. The fourth-order valence-electron chi connectivity index (χ4n) is 1.36. The summed E-state index contributed by atoms with van der Waals surface area (Å²) >= 11 is 0. The van der Waals surface area contributed by atoms with Gasteiger partial charge in [-0.15, -0.1) is 0 Å². The van der Waals surface area contributed by atoms with E-state index in [1.807, 2.05) is 24.3 Å². The van der Waals surface area contributed by atoms with Crippen LogP contribution in [-0.4, -0.2) is 31.4 Å². The minimum absolute atomic E-state index is 0.0346. The molecule has 1 N–H and O–H groups in total. The Morgan fingerprint density at radius 2 is 1.71 bits per heavy atom. The van der Waals surface area contributed by atoms with Crippen LogP contribution in [-0.2, 0) is 0 Å². The molecule has 1 rings (SSSR count). The molecular formula is C14H22N2O. The number of anilines is 1. The SMILES string of the molecule is CN(C)C(=O)c1ccc(NCC(C)(C)C)cc1. The van der Waals surface area contributed by atoms with E-state index in [1.54, 1.807) is 19.0 Å². The van der Waals surface area contributed by atoms with Gasteiger partial charge in [0, 0.05) is 31.9 Å². The summed E-state index contributed by atoms with van der Waals surface area (Å²) in [5.74, 6) is 0.0346. The van der Waals surface area contributed by atoms with Crippen molar-refractivity contribution in [3.05, 3.63) is 29.8 Å². The van der Waals surface area contributed by atoms with Crippen molar-refractivity contribution in [2.24, 2.45) is 5.41 Å². The van der Waals surface area contributed by atoms with Gasteiger partial charge >= 0.3 is 0 Å². The molecule has 0 atom stereocenters. The molecule has 3 nitrogen and oxygen atoms in total. The highest BCUT2D eigenvalue weighted by atomic mass is 16.2. The molecule has 1 amide bonds. The number of hydrogen-bond donors (Lipinski definition) is 1. The van der Waals surface area contributed by atoms with Gasteiger partial charge in [-0.25, -0.2) is 0 Å². The highest BCUT2D eigenvalue weighted by Crippen LogP contribution is 2.16. The van der Waals surface area contributed by atoms with E-state index in [1.165, 1.54) is 0 Å². The van der Waals surface area contributed by atoms with Crippen molar-refractivity contribution in [3.63, 3.8) is 0 Å². The maximum absolute atomic E-state index is 11.7. The summed E-state index contributed by atoms with van der Waals surface area (Å²) in [6.07, 6.45) is 0. The van der Waals surface area contributed by atoms with Crippen molar-refractivity contribution in [2.45, 2.75) is 20.8 Å². The monoisotopic (exact) mass is 234 g/mol. The second-order valence-corrected chi connectivity index (χ2v) is 5.69. The molecule has 0 aliphatic carbocycles. The molecule has 1 aromatic rings. The predicted molar refractivity (Wildman–Crippen MR) is 72.4 cm³/mol. The normalized spacial score (nSPS) is 11.1. The number of amides is 1. The maximum Gasteiger partial charge on any atom is 0.253 e. The summed E-state index contributed by atoms with van der Waals surface area (Å²) in [5.41, 5.74) is 2.02. The van der Waals surface area contributed by atoms with E-state index in [0.717, 1.165) is 17.8 Å². The maximum atomic E-state index is 11.7. The first-order valence-corrected chi connectivity index (χ1v) is 5.85. The summed E-state index contributed by atoms with van der Waals surface area (Å²) in [6, 6.07) is 7.60. The molecule has 0 aliphatic rings. The molecular weight excluding hydrogens is 212 g/mol. The Morgan fingerprint density at radius 3 is 2.12 bits per heavy atom. The zero-order chi connectivity index (χ0) is 13.1. The van der Waals surface area contributed by atoms with Crippen LogP contribution in [0.2, 0.25) is 0 Å². The van der Waals surface area contributed by atoms with Crippen LogP contribution >= 0.6 is 0 Å². The van der Waals surface area contributed by atoms with Gasteiger partial charge < -0.3 is 10.2 Å². The molecule has 0 unspecified atom stereocenters. The van der Waals surface area contributed by atoms with E-state index < -0.39 is 0 Å². The third-order valence-electron chi connectivity index (χ3n) is 2.36. The second-order valence-electron chi connectivity index (χ2n) is 5.69. The van der Waals surface area contributed by atoms with Crippen molar-refractivity contribution in [1.29, 1.82) is 0 Å². The quantitative estimate of drug-likeness (QED) is 0.872. The summed E-state index contributed by atoms with van der Waals surface area (Å²) < 4.78 is 0. The van der Waals surface area contributed by atoms with Gasteiger partial charge in [-0.2, -0.15) is 0 Å². The Hall–Kier alpha value is -1.51. The third-order valence-corrected chi connectivity index (χ3v) is 2.36. The molecule has 17 heavy (non-hydrogen) atoms. The number of carbonyl (C=O) groups excluding carboxylic acids is 1. The van der Waals surface area contributed by atoms with Gasteiger partial charge in [0.05, 0.1) is 0 Å². The number of benzene rings is 1. The Bertz CT molecular complexity index is 374. The fraction of sp³-hybridized carbons (Fsp3) is 0.500. The van der Waals surface area contributed by atoms with Gasteiger partial charge in [-0.05, 0) is 29.7 Å². The highest BCUT2D eigenvalue weighted by Gasteiger charge is 2.10. The molecule has 1 aromatic carbocycles. The lowest BCUT2D eigenvalue weighted by Crippen LogP contribution is -2.22. The van der Waals surface area contributed by atoms with E-state index in [9.17, 15) is 4.79 Å².